The van der Waals surface area contributed by atoms with Crippen LogP contribution in [0.25, 0.3) is 0 Å². The van der Waals surface area contributed by atoms with Crippen LogP contribution in [0.3, 0.4) is 0 Å². The minimum Gasteiger partial charge on any atom is -0.325 e. The van der Waals surface area contributed by atoms with E-state index in [1.807, 2.05) is 12.1 Å². The number of fused-ring (bicyclic) bond motifs is 1. The second-order valence-electron chi connectivity index (χ2n) is 4.47. The van der Waals surface area contributed by atoms with Gasteiger partial charge in [-0.25, -0.2) is 0 Å². The van der Waals surface area contributed by atoms with Crippen molar-refractivity contribution in [3.8, 4) is 0 Å². The normalized spacial score (nSPS) is 18.0. The number of alkyl halides is 1. The molecule has 0 fully saturated rings. The average molecular weight is 252 g/mol. The highest BCUT2D eigenvalue weighted by molar-refractivity contribution is 6.17. The lowest BCUT2D eigenvalue weighted by Gasteiger charge is -2.11. The second-order valence-corrected chi connectivity index (χ2v) is 4.85. The average Bonchev–Trinajstić information content (AvgIpc) is 2.65. The zero-order valence-electron chi connectivity index (χ0n) is 10.1. The SMILES string of the molecule is CCC1C(=O)Nc2cccc(CCCCCl)c21. The van der Waals surface area contributed by atoms with Gasteiger partial charge in [0, 0.05) is 11.6 Å². The molecule has 1 N–H and O–H groups in total. The number of carbonyl (C=O) groups is 1. The first kappa shape index (κ1) is 12.4. The molecule has 0 spiro atoms. The fourth-order valence-electron chi connectivity index (χ4n) is 2.50. The monoisotopic (exact) mass is 251 g/mol. The topological polar surface area (TPSA) is 29.1 Å². The van der Waals surface area contributed by atoms with Gasteiger partial charge in [0.05, 0.1) is 5.92 Å². The summed E-state index contributed by atoms with van der Waals surface area (Å²) in [6.07, 6.45) is 4.00. The number of benzene rings is 1. The molecule has 0 saturated carbocycles. The first-order valence-corrected chi connectivity index (χ1v) is 6.80. The van der Waals surface area contributed by atoms with E-state index in [1.165, 1.54) is 11.1 Å². The van der Waals surface area contributed by atoms with Crippen LogP contribution < -0.4 is 5.32 Å². The molecule has 92 valence electrons. The summed E-state index contributed by atoms with van der Waals surface area (Å²) >= 11 is 5.70. The Morgan fingerprint density at radius 2 is 2.18 bits per heavy atom. The van der Waals surface area contributed by atoms with Gasteiger partial charge in [-0.15, -0.1) is 11.6 Å². The predicted molar refractivity (Wildman–Crippen MR) is 71.8 cm³/mol. The molecule has 1 unspecified atom stereocenters. The molecule has 0 bridgehead atoms. The van der Waals surface area contributed by atoms with Gasteiger partial charge in [0.15, 0.2) is 0 Å². The van der Waals surface area contributed by atoms with Gasteiger partial charge in [-0.3, -0.25) is 4.79 Å². The maximum absolute atomic E-state index is 11.8. The van der Waals surface area contributed by atoms with Gasteiger partial charge in [0.2, 0.25) is 5.91 Å². The van der Waals surface area contributed by atoms with Gasteiger partial charge >= 0.3 is 0 Å². The van der Waals surface area contributed by atoms with E-state index in [9.17, 15) is 4.79 Å². The number of unbranched alkanes of at least 4 members (excludes halogenated alkanes) is 1. The van der Waals surface area contributed by atoms with E-state index < -0.39 is 0 Å². The van der Waals surface area contributed by atoms with Gasteiger partial charge in [-0.2, -0.15) is 0 Å². The Morgan fingerprint density at radius 3 is 2.88 bits per heavy atom. The van der Waals surface area contributed by atoms with E-state index in [0.717, 1.165) is 31.4 Å². The molecule has 0 saturated heterocycles. The zero-order chi connectivity index (χ0) is 12.3. The summed E-state index contributed by atoms with van der Waals surface area (Å²) in [6.45, 7) is 2.06. The van der Waals surface area contributed by atoms with Crippen LogP contribution in [-0.4, -0.2) is 11.8 Å². The number of carbonyl (C=O) groups excluding carboxylic acids is 1. The molecule has 2 nitrogen and oxygen atoms in total. The highest BCUT2D eigenvalue weighted by atomic mass is 35.5. The van der Waals surface area contributed by atoms with Gasteiger partial charge in [0.1, 0.15) is 0 Å². The van der Waals surface area contributed by atoms with Crippen LogP contribution in [0.2, 0.25) is 0 Å². The Bertz CT molecular complexity index is 417. The largest absolute Gasteiger partial charge is 0.325 e. The van der Waals surface area contributed by atoms with Crippen molar-refractivity contribution in [1.82, 2.24) is 0 Å². The summed E-state index contributed by atoms with van der Waals surface area (Å²) in [7, 11) is 0. The predicted octanol–water partition coefficient (Wildman–Crippen LogP) is 3.69. The first-order valence-electron chi connectivity index (χ1n) is 6.26. The first-order chi connectivity index (χ1) is 8.27. The summed E-state index contributed by atoms with van der Waals surface area (Å²) in [5.41, 5.74) is 3.53. The molecular weight excluding hydrogens is 234 g/mol. The number of rotatable bonds is 5. The number of amides is 1. The third-order valence-corrected chi connectivity index (χ3v) is 3.62. The van der Waals surface area contributed by atoms with E-state index in [4.69, 9.17) is 11.6 Å². The third-order valence-electron chi connectivity index (χ3n) is 3.36. The maximum atomic E-state index is 11.8. The van der Waals surface area contributed by atoms with E-state index in [0.29, 0.717) is 5.88 Å². The highest BCUT2D eigenvalue weighted by Gasteiger charge is 2.30. The third kappa shape index (κ3) is 2.47. The van der Waals surface area contributed by atoms with Gasteiger partial charge in [0.25, 0.3) is 0 Å². The standard InChI is InChI=1S/C14H18ClNO/c1-2-11-13-10(6-3-4-9-15)7-5-8-12(13)16-14(11)17/h5,7-8,11H,2-4,6,9H2,1H3,(H,16,17). The molecule has 0 aliphatic carbocycles. The minimum atomic E-state index is 0.0391. The Hall–Kier alpha value is -1.02. The number of hydrogen-bond acceptors (Lipinski definition) is 1. The van der Waals surface area contributed by atoms with E-state index in [1.54, 1.807) is 0 Å². The lowest BCUT2D eigenvalue weighted by molar-refractivity contribution is -0.117. The molecular formula is C14H18ClNO. The quantitative estimate of drug-likeness (QED) is 0.628. The van der Waals surface area contributed by atoms with Crippen LogP contribution in [0.4, 0.5) is 5.69 Å². The Morgan fingerprint density at radius 1 is 1.35 bits per heavy atom. The van der Waals surface area contributed by atoms with Crippen molar-refractivity contribution in [3.05, 3.63) is 29.3 Å². The van der Waals surface area contributed by atoms with Crippen molar-refractivity contribution in [2.45, 2.75) is 38.5 Å². The van der Waals surface area contributed by atoms with Crippen molar-refractivity contribution < 1.29 is 4.79 Å². The van der Waals surface area contributed by atoms with Crippen molar-refractivity contribution in [3.63, 3.8) is 0 Å². The molecule has 3 heteroatoms. The molecule has 17 heavy (non-hydrogen) atoms. The molecule has 1 atom stereocenters. The molecule has 2 rings (SSSR count). The van der Waals surface area contributed by atoms with Gasteiger partial charge < -0.3 is 5.32 Å². The smallest absolute Gasteiger partial charge is 0.232 e. The zero-order valence-corrected chi connectivity index (χ0v) is 10.9. The molecule has 0 radical (unpaired) electrons. The van der Waals surface area contributed by atoms with E-state index in [-0.39, 0.29) is 11.8 Å². The summed E-state index contributed by atoms with van der Waals surface area (Å²) < 4.78 is 0. The summed E-state index contributed by atoms with van der Waals surface area (Å²) in [5.74, 6) is 0.896. The number of aryl methyl sites for hydroxylation is 1. The number of halogens is 1. The highest BCUT2D eigenvalue weighted by Crippen LogP contribution is 2.37. The number of anilines is 1. The fraction of sp³-hybridized carbons (Fsp3) is 0.500. The van der Waals surface area contributed by atoms with Crippen LogP contribution >= 0.6 is 11.6 Å². The minimum absolute atomic E-state index is 0.0391. The summed E-state index contributed by atoms with van der Waals surface area (Å²) in [6, 6.07) is 6.15. The second kappa shape index (κ2) is 5.54. The van der Waals surface area contributed by atoms with Gasteiger partial charge in [-0.05, 0) is 42.9 Å². The molecule has 1 heterocycles. The van der Waals surface area contributed by atoms with Crippen molar-refractivity contribution in [2.24, 2.45) is 0 Å². The Labute approximate surface area is 107 Å². The molecule has 1 amide bonds. The maximum Gasteiger partial charge on any atom is 0.232 e. The molecule has 1 aromatic rings. The Balaban J connectivity index is 2.24. The van der Waals surface area contributed by atoms with Crippen molar-refractivity contribution >= 4 is 23.2 Å². The summed E-state index contributed by atoms with van der Waals surface area (Å²) in [4.78, 5) is 11.8. The fourth-order valence-corrected chi connectivity index (χ4v) is 2.69. The summed E-state index contributed by atoms with van der Waals surface area (Å²) in [5, 5.41) is 2.96. The van der Waals surface area contributed by atoms with Crippen LogP contribution in [0.5, 0.6) is 0 Å². The number of hydrogen-bond donors (Lipinski definition) is 1. The lowest BCUT2D eigenvalue weighted by Crippen LogP contribution is -2.11. The van der Waals surface area contributed by atoms with E-state index in [2.05, 4.69) is 18.3 Å². The van der Waals surface area contributed by atoms with Crippen LogP contribution in [0.1, 0.15) is 43.2 Å². The number of nitrogens with one attached hydrogen (secondary N) is 1. The molecule has 1 aromatic carbocycles. The Kier molecular flexibility index (Phi) is 4.06. The van der Waals surface area contributed by atoms with Crippen LogP contribution in [-0.2, 0) is 11.2 Å². The van der Waals surface area contributed by atoms with Crippen molar-refractivity contribution in [1.29, 1.82) is 0 Å². The van der Waals surface area contributed by atoms with Crippen LogP contribution in [0.15, 0.2) is 18.2 Å². The molecule has 0 aromatic heterocycles. The lowest BCUT2D eigenvalue weighted by atomic mass is 9.91. The molecule has 1 aliphatic rings. The van der Waals surface area contributed by atoms with E-state index >= 15 is 0 Å². The van der Waals surface area contributed by atoms with Gasteiger partial charge in [-0.1, -0.05) is 19.1 Å². The van der Waals surface area contributed by atoms with Crippen molar-refractivity contribution in [2.75, 3.05) is 11.2 Å². The molecule has 1 aliphatic heterocycles. The van der Waals surface area contributed by atoms with Crippen LogP contribution in [0, 0.1) is 0 Å².